The predicted molar refractivity (Wildman–Crippen MR) is 105 cm³/mol. The third-order valence-electron chi connectivity index (χ3n) is 3.85. The summed E-state index contributed by atoms with van der Waals surface area (Å²) in [6.07, 6.45) is 0. The zero-order chi connectivity index (χ0) is 18.4. The van der Waals surface area contributed by atoms with Crippen molar-refractivity contribution in [3.63, 3.8) is 0 Å². The molecular formula is C21H21N3O2. The summed E-state index contributed by atoms with van der Waals surface area (Å²) in [4.78, 5) is 14.4. The van der Waals surface area contributed by atoms with Gasteiger partial charge in [-0.2, -0.15) is 0 Å². The highest BCUT2D eigenvalue weighted by Crippen LogP contribution is 2.26. The fourth-order valence-electron chi connectivity index (χ4n) is 2.48. The summed E-state index contributed by atoms with van der Waals surface area (Å²) in [7, 11) is 0. The minimum atomic E-state index is -0.284. The van der Waals surface area contributed by atoms with E-state index in [4.69, 9.17) is 10.5 Å². The molecule has 3 rings (SSSR count). The summed E-state index contributed by atoms with van der Waals surface area (Å²) in [5, 5.41) is 2.79. The van der Waals surface area contributed by atoms with Gasteiger partial charge in [0.1, 0.15) is 5.75 Å². The van der Waals surface area contributed by atoms with E-state index < -0.39 is 0 Å². The molecule has 26 heavy (non-hydrogen) atoms. The van der Waals surface area contributed by atoms with Gasteiger partial charge in [0.05, 0.1) is 11.4 Å². The van der Waals surface area contributed by atoms with Crippen LogP contribution in [-0.4, -0.2) is 12.8 Å². The van der Waals surface area contributed by atoms with Gasteiger partial charge in [0.2, 0.25) is 0 Å². The molecule has 0 spiro atoms. The molecule has 132 valence electrons. The Morgan fingerprint density at radius 3 is 2.19 bits per heavy atom. The van der Waals surface area contributed by atoms with Crippen LogP contribution >= 0.6 is 0 Å². The lowest BCUT2D eigenvalue weighted by molar-refractivity contribution is 0.231. The SMILES string of the molecule is Cc1ccc(OCNC(=O)N(c2ccccc2)c2ccc(N)cc2)cc1. The Morgan fingerprint density at radius 1 is 0.923 bits per heavy atom. The van der Waals surface area contributed by atoms with Crippen LogP contribution in [0.5, 0.6) is 5.75 Å². The van der Waals surface area contributed by atoms with E-state index in [2.05, 4.69) is 5.32 Å². The van der Waals surface area contributed by atoms with E-state index in [0.29, 0.717) is 11.4 Å². The first-order valence-electron chi connectivity index (χ1n) is 8.31. The van der Waals surface area contributed by atoms with Crippen LogP contribution in [0.2, 0.25) is 0 Å². The van der Waals surface area contributed by atoms with Gasteiger partial charge in [-0.1, -0.05) is 35.9 Å². The number of nitrogen functional groups attached to an aromatic ring is 1. The second kappa shape index (κ2) is 8.07. The highest BCUT2D eigenvalue weighted by molar-refractivity contribution is 5.99. The molecule has 3 aromatic carbocycles. The number of nitrogens with two attached hydrogens (primary N) is 1. The van der Waals surface area contributed by atoms with Crippen LogP contribution in [0.15, 0.2) is 78.9 Å². The lowest BCUT2D eigenvalue weighted by Crippen LogP contribution is -2.38. The summed E-state index contributed by atoms with van der Waals surface area (Å²) < 4.78 is 5.59. The molecule has 5 nitrogen and oxygen atoms in total. The van der Waals surface area contributed by atoms with Gasteiger partial charge in [-0.15, -0.1) is 0 Å². The molecule has 0 atom stereocenters. The molecule has 0 aromatic heterocycles. The smallest absolute Gasteiger partial charge is 0.329 e. The largest absolute Gasteiger partial charge is 0.473 e. The van der Waals surface area contributed by atoms with Gasteiger partial charge in [0.25, 0.3) is 0 Å². The van der Waals surface area contributed by atoms with Crippen LogP contribution in [-0.2, 0) is 0 Å². The van der Waals surface area contributed by atoms with Crippen molar-refractivity contribution in [3.05, 3.63) is 84.4 Å². The molecule has 2 amide bonds. The summed E-state index contributed by atoms with van der Waals surface area (Å²) in [6.45, 7) is 2.08. The Labute approximate surface area is 153 Å². The van der Waals surface area contributed by atoms with Gasteiger partial charge in [0.15, 0.2) is 6.73 Å². The van der Waals surface area contributed by atoms with Gasteiger partial charge >= 0.3 is 6.03 Å². The predicted octanol–water partition coefficient (Wildman–Crippen LogP) is 4.46. The second-order valence-corrected chi connectivity index (χ2v) is 5.85. The maximum Gasteiger partial charge on any atom is 0.329 e. The summed E-state index contributed by atoms with van der Waals surface area (Å²) in [5.41, 5.74) is 9.03. The monoisotopic (exact) mass is 347 g/mol. The highest BCUT2D eigenvalue weighted by atomic mass is 16.5. The van der Waals surface area contributed by atoms with Crippen molar-refractivity contribution in [2.75, 3.05) is 17.4 Å². The molecule has 0 aliphatic rings. The van der Waals surface area contributed by atoms with Crippen molar-refractivity contribution >= 4 is 23.1 Å². The first-order valence-corrected chi connectivity index (χ1v) is 8.31. The van der Waals surface area contributed by atoms with E-state index in [9.17, 15) is 4.79 Å². The normalized spacial score (nSPS) is 10.2. The molecule has 0 unspecified atom stereocenters. The van der Waals surface area contributed by atoms with Crippen molar-refractivity contribution in [1.82, 2.24) is 5.32 Å². The van der Waals surface area contributed by atoms with Crippen molar-refractivity contribution in [2.45, 2.75) is 6.92 Å². The number of anilines is 3. The van der Waals surface area contributed by atoms with Crippen LogP contribution in [0.3, 0.4) is 0 Å². The second-order valence-electron chi connectivity index (χ2n) is 5.85. The van der Waals surface area contributed by atoms with Gasteiger partial charge in [-0.05, 0) is 55.5 Å². The van der Waals surface area contributed by atoms with Crippen LogP contribution in [0.1, 0.15) is 5.56 Å². The number of urea groups is 1. The Hall–Kier alpha value is -3.47. The molecule has 0 aliphatic carbocycles. The lowest BCUT2D eigenvalue weighted by atomic mass is 10.2. The minimum Gasteiger partial charge on any atom is -0.473 e. The molecule has 0 bridgehead atoms. The summed E-state index contributed by atoms with van der Waals surface area (Å²) in [6, 6.07) is 23.9. The number of hydrogen-bond acceptors (Lipinski definition) is 3. The van der Waals surface area contributed by atoms with Crippen molar-refractivity contribution < 1.29 is 9.53 Å². The lowest BCUT2D eigenvalue weighted by Gasteiger charge is -2.23. The van der Waals surface area contributed by atoms with E-state index in [1.165, 1.54) is 0 Å². The molecule has 3 aromatic rings. The first-order chi connectivity index (χ1) is 12.6. The van der Waals surface area contributed by atoms with Gasteiger partial charge in [-0.3, -0.25) is 4.90 Å². The fraction of sp³-hybridized carbons (Fsp3) is 0.0952. The topological polar surface area (TPSA) is 67.6 Å². The molecule has 0 radical (unpaired) electrons. The molecule has 0 saturated heterocycles. The number of nitrogens with one attached hydrogen (secondary N) is 1. The highest BCUT2D eigenvalue weighted by Gasteiger charge is 2.17. The van der Waals surface area contributed by atoms with Crippen LogP contribution in [0, 0.1) is 6.92 Å². The number of aryl methyl sites for hydroxylation is 1. The van der Waals surface area contributed by atoms with E-state index in [1.54, 1.807) is 17.0 Å². The Balaban J connectivity index is 1.72. The first kappa shape index (κ1) is 17.4. The van der Waals surface area contributed by atoms with Crippen molar-refractivity contribution in [3.8, 4) is 5.75 Å². The maximum atomic E-state index is 12.8. The number of carbonyl (C=O) groups is 1. The number of amides is 2. The molecule has 0 fully saturated rings. The Bertz CT molecular complexity index is 847. The quantitative estimate of drug-likeness (QED) is 0.529. The molecule has 5 heteroatoms. The Kier molecular flexibility index (Phi) is 5.39. The number of nitrogens with zero attached hydrogens (tertiary/aromatic N) is 1. The third kappa shape index (κ3) is 4.33. The van der Waals surface area contributed by atoms with E-state index >= 15 is 0 Å². The zero-order valence-corrected chi connectivity index (χ0v) is 14.6. The average molecular weight is 347 g/mol. The van der Waals surface area contributed by atoms with E-state index in [1.807, 2.05) is 73.7 Å². The number of benzene rings is 3. The van der Waals surface area contributed by atoms with Crippen molar-refractivity contribution in [1.29, 1.82) is 0 Å². The van der Waals surface area contributed by atoms with E-state index in [0.717, 1.165) is 16.9 Å². The zero-order valence-electron chi connectivity index (χ0n) is 14.6. The fourth-order valence-corrected chi connectivity index (χ4v) is 2.48. The molecule has 0 saturated carbocycles. The Morgan fingerprint density at radius 2 is 1.54 bits per heavy atom. The number of hydrogen-bond donors (Lipinski definition) is 2. The molecule has 3 N–H and O–H groups in total. The molecular weight excluding hydrogens is 326 g/mol. The van der Waals surface area contributed by atoms with Gasteiger partial charge < -0.3 is 15.8 Å². The van der Waals surface area contributed by atoms with Gasteiger partial charge in [0, 0.05) is 5.69 Å². The average Bonchev–Trinajstić information content (AvgIpc) is 2.66. The molecule has 0 aliphatic heterocycles. The standard InChI is InChI=1S/C21H21N3O2/c1-16-7-13-20(14-8-16)26-15-23-21(25)24(18-5-3-2-4-6-18)19-11-9-17(22)10-12-19/h2-14H,15,22H2,1H3,(H,23,25). The van der Waals surface area contributed by atoms with E-state index in [-0.39, 0.29) is 12.8 Å². The number of rotatable bonds is 5. The number of para-hydroxylation sites is 1. The minimum absolute atomic E-state index is 0.0696. The third-order valence-corrected chi connectivity index (χ3v) is 3.85. The number of carbonyl (C=O) groups excluding carboxylic acids is 1. The number of ether oxygens (including phenoxy) is 1. The van der Waals surface area contributed by atoms with Crippen LogP contribution in [0.4, 0.5) is 21.9 Å². The van der Waals surface area contributed by atoms with Crippen LogP contribution in [0.25, 0.3) is 0 Å². The maximum absolute atomic E-state index is 12.8. The van der Waals surface area contributed by atoms with Gasteiger partial charge in [-0.25, -0.2) is 4.79 Å². The van der Waals surface area contributed by atoms with Crippen molar-refractivity contribution in [2.24, 2.45) is 0 Å². The van der Waals surface area contributed by atoms with Crippen LogP contribution < -0.4 is 20.7 Å². The summed E-state index contributed by atoms with van der Waals surface area (Å²) in [5.74, 6) is 0.703. The summed E-state index contributed by atoms with van der Waals surface area (Å²) >= 11 is 0. The molecule has 0 heterocycles.